The van der Waals surface area contributed by atoms with Crippen LogP contribution < -0.4 is 0 Å². The molecule has 70 valence electrons. The quantitative estimate of drug-likeness (QED) is 0.461. The van der Waals surface area contributed by atoms with E-state index in [1.165, 1.54) is 6.08 Å². The van der Waals surface area contributed by atoms with E-state index in [2.05, 4.69) is 10.8 Å². The van der Waals surface area contributed by atoms with Crippen molar-refractivity contribution in [2.24, 2.45) is 0 Å². The second kappa shape index (κ2) is 6.98. The Morgan fingerprint density at radius 3 is 2.00 bits per heavy atom. The monoisotopic (exact) mass is 190 g/mol. The lowest BCUT2D eigenvalue weighted by Gasteiger charge is -2.19. The third-order valence-electron chi connectivity index (χ3n) is 0.409. The summed E-state index contributed by atoms with van der Waals surface area (Å²) in [5, 5.41) is 7.51. The highest BCUT2D eigenvalue weighted by molar-refractivity contribution is 7.74. The Balaban J connectivity index is 0. The van der Waals surface area contributed by atoms with E-state index in [0.29, 0.717) is 0 Å². The van der Waals surface area contributed by atoms with Crippen LogP contribution in [0.2, 0.25) is 0 Å². The van der Waals surface area contributed by atoms with Crippen molar-refractivity contribution >= 4 is 11.4 Å². The fourth-order valence-electron chi connectivity index (χ4n) is 0.204. The summed E-state index contributed by atoms with van der Waals surface area (Å²) >= 11 is -2.39. The minimum absolute atomic E-state index is 0.591. The van der Waals surface area contributed by atoms with Crippen molar-refractivity contribution in [2.75, 3.05) is 0 Å². The van der Waals surface area contributed by atoms with Gasteiger partial charge in [-0.2, -0.15) is 5.26 Å². The molecule has 0 aliphatic rings. The molecule has 0 radical (unpaired) electrons. The van der Waals surface area contributed by atoms with Gasteiger partial charge in [-0.05, 0) is 20.8 Å². The smallest absolute Gasteiger partial charge is 0.0905 e. The molecule has 0 aromatic heterocycles. The van der Waals surface area contributed by atoms with Crippen LogP contribution in [0.4, 0.5) is 0 Å². The molecule has 4 nitrogen and oxygen atoms in total. The van der Waals surface area contributed by atoms with Crippen LogP contribution in [0.3, 0.4) is 0 Å². The van der Waals surface area contributed by atoms with E-state index < -0.39 is 17.0 Å². The summed E-state index contributed by atoms with van der Waals surface area (Å²) in [6, 6.07) is 1.69. The first-order chi connectivity index (χ1) is 5.33. The summed E-state index contributed by atoms with van der Waals surface area (Å²) in [5.41, 5.74) is -0.591. The lowest BCUT2D eigenvalue weighted by atomic mass is 10.2. The summed E-state index contributed by atoms with van der Waals surface area (Å²) in [7, 11) is 0. The maximum atomic E-state index is 9.79. The Kier molecular flexibility index (Phi) is 8.06. The van der Waals surface area contributed by atoms with Gasteiger partial charge in [-0.3, -0.25) is 4.18 Å². The first kappa shape index (κ1) is 13.9. The van der Waals surface area contributed by atoms with Crippen LogP contribution in [0.1, 0.15) is 20.8 Å². The highest BCUT2D eigenvalue weighted by Gasteiger charge is 2.09. The van der Waals surface area contributed by atoms with E-state index in [9.17, 15) is 8.76 Å². The molecule has 5 heteroatoms. The van der Waals surface area contributed by atoms with E-state index in [1.807, 2.05) is 0 Å². The fourth-order valence-corrected chi connectivity index (χ4v) is 0.612. The van der Waals surface area contributed by atoms with Gasteiger partial charge in [0.15, 0.2) is 0 Å². The Morgan fingerprint density at radius 1 is 1.67 bits per heavy atom. The number of allylic oxidation sites excluding steroid dienone is 1. The second-order valence-corrected chi connectivity index (χ2v) is 3.31. The molecule has 0 aromatic carbocycles. The minimum atomic E-state index is -2.39. The maximum absolute atomic E-state index is 9.79. The van der Waals surface area contributed by atoms with Crippen LogP contribution in [-0.4, -0.2) is 14.4 Å². The summed E-state index contributed by atoms with van der Waals surface area (Å²) in [5.74, 6) is 0. The molecule has 0 N–H and O–H groups in total. The van der Waals surface area contributed by atoms with Gasteiger partial charge in [0.1, 0.15) is 0 Å². The van der Waals surface area contributed by atoms with Crippen molar-refractivity contribution in [3.05, 3.63) is 12.7 Å². The highest BCUT2D eigenvalue weighted by Crippen LogP contribution is 2.06. The van der Waals surface area contributed by atoms with Gasteiger partial charge in [0, 0.05) is 6.08 Å². The number of hydrogen-bond acceptors (Lipinski definition) is 4. The molecule has 0 amide bonds. The standard InChI is InChI=1S/C4H10O3S.C3H3N/c1-4(2,3)7-8(5)6;1-2-3-4/h1-3H3,(H,5,6);2H,1H2/p-1. The molecule has 12 heavy (non-hydrogen) atoms. The van der Waals surface area contributed by atoms with E-state index >= 15 is 0 Å². The number of hydrogen-bond donors (Lipinski definition) is 0. The van der Waals surface area contributed by atoms with Gasteiger partial charge in [-0.1, -0.05) is 6.58 Å². The molecule has 0 aliphatic carbocycles. The average Bonchev–Trinajstić information content (AvgIpc) is 1.83. The molecule has 0 aromatic rings. The van der Waals surface area contributed by atoms with Gasteiger partial charge in [-0.25, -0.2) is 4.21 Å². The fraction of sp³-hybridized carbons (Fsp3) is 0.571. The van der Waals surface area contributed by atoms with E-state index in [1.54, 1.807) is 26.8 Å². The topological polar surface area (TPSA) is 73.1 Å². The Labute approximate surface area is 75.3 Å². The summed E-state index contributed by atoms with van der Waals surface area (Å²) < 4.78 is 23.9. The largest absolute Gasteiger partial charge is 0.750 e. The molecule has 0 spiro atoms. The van der Waals surface area contributed by atoms with Crippen molar-refractivity contribution in [3.63, 3.8) is 0 Å². The molecule has 0 aliphatic heterocycles. The number of nitrogens with zero attached hydrogens (tertiary/aromatic N) is 1. The first-order valence-electron chi connectivity index (χ1n) is 3.12. The van der Waals surface area contributed by atoms with Crippen LogP contribution in [0.25, 0.3) is 0 Å². The average molecular weight is 190 g/mol. The van der Waals surface area contributed by atoms with Crippen LogP contribution in [0.5, 0.6) is 0 Å². The van der Waals surface area contributed by atoms with Gasteiger partial charge in [0.05, 0.1) is 23.0 Å². The zero-order chi connectivity index (χ0) is 10.2. The van der Waals surface area contributed by atoms with E-state index in [-0.39, 0.29) is 0 Å². The molecule has 0 bridgehead atoms. The summed E-state index contributed by atoms with van der Waals surface area (Å²) in [4.78, 5) is 0. The van der Waals surface area contributed by atoms with Gasteiger partial charge in [0.25, 0.3) is 0 Å². The van der Waals surface area contributed by atoms with Crippen molar-refractivity contribution in [2.45, 2.75) is 26.4 Å². The van der Waals surface area contributed by atoms with E-state index in [4.69, 9.17) is 5.26 Å². The maximum Gasteiger partial charge on any atom is 0.0905 e. The summed E-state index contributed by atoms with van der Waals surface area (Å²) in [6.07, 6.45) is 1.18. The first-order valence-corrected chi connectivity index (χ1v) is 4.12. The number of nitriles is 1. The van der Waals surface area contributed by atoms with Crippen LogP contribution in [0, 0.1) is 11.3 Å². The van der Waals surface area contributed by atoms with Crippen LogP contribution in [0.15, 0.2) is 12.7 Å². The van der Waals surface area contributed by atoms with Crippen LogP contribution in [-0.2, 0) is 15.5 Å². The zero-order valence-corrected chi connectivity index (χ0v) is 8.18. The molecule has 0 saturated heterocycles. The molecular formula is C7H12NO3S-. The number of rotatable bonds is 1. The van der Waals surface area contributed by atoms with Crippen LogP contribution >= 0.6 is 0 Å². The predicted molar refractivity (Wildman–Crippen MR) is 45.6 cm³/mol. The highest BCUT2D eigenvalue weighted by atomic mass is 32.2. The second-order valence-electron chi connectivity index (χ2n) is 2.73. The lowest BCUT2D eigenvalue weighted by molar-refractivity contribution is 0.134. The Morgan fingerprint density at radius 2 is 2.00 bits per heavy atom. The summed E-state index contributed by atoms with van der Waals surface area (Å²) in [6.45, 7) is 8.13. The van der Waals surface area contributed by atoms with Gasteiger partial charge >= 0.3 is 0 Å². The zero-order valence-electron chi connectivity index (χ0n) is 7.36. The predicted octanol–water partition coefficient (Wildman–Crippen LogP) is 1.29. The normalized spacial score (nSPS) is 11.9. The molecule has 0 heterocycles. The minimum Gasteiger partial charge on any atom is -0.750 e. The van der Waals surface area contributed by atoms with Crippen molar-refractivity contribution < 1.29 is 12.9 Å². The van der Waals surface area contributed by atoms with Crippen molar-refractivity contribution in [3.8, 4) is 6.07 Å². The third kappa shape index (κ3) is 22.8. The van der Waals surface area contributed by atoms with Gasteiger partial charge in [0.2, 0.25) is 0 Å². The molecule has 1 unspecified atom stereocenters. The molecular weight excluding hydrogens is 178 g/mol. The molecule has 0 rings (SSSR count). The SMILES string of the molecule is C=CC#N.CC(C)(C)OS(=O)[O-]. The van der Waals surface area contributed by atoms with E-state index in [0.717, 1.165) is 0 Å². The van der Waals surface area contributed by atoms with Crippen molar-refractivity contribution in [1.29, 1.82) is 5.26 Å². The molecule has 1 atom stereocenters. The third-order valence-corrected chi connectivity index (χ3v) is 1.05. The Hall–Kier alpha value is -0.700. The Bertz CT molecular complexity index is 190. The van der Waals surface area contributed by atoms with Crippen molar-refractivity contribution in [1.82, 2.24) is 0 Å². The molecule has 0 fully saturated rings. The van der Waals surface area contributed by atoms with Gasteiger partial charge in [-0.15, -0.1) is 0 Å². The van der Waals surface area contributed by atoms with Gasteiger partial charge < -0.3 is 4.55 Å². The lowest BCUT2D eigenvalue weighted by Crippen LogP contribution is -2.20. The molecule has 0 saturated carbocycles.